The standard InChI is InChI=1S/C25H32N10O10P2S2/c26-4-13-32-20(27)15-23(33-13)35(9-31-15)25-19-16(36)11(42-25)6-40-46(38,48)44-18-12(7-41-47(39,49)45-19)43-24(17(18)37)34-5-10-2-1-3-28-21-14(10)22(34)30-8-29-21/h5,8-9,11-12,16-19,24-25,36-37H,1-4,6-7,26H2,(H,38,48)(H,39,49)(H2,27,32,33)(H,28,29,30)/t11-,12-,16-,17-,18-,19-,24-,25-,46?,47?/m1/s1. The summed E-state index contributed by atoms with van der Waals surface area (Å²) in [7, 11) is 0. The molecule has 0 aromatic carbocycles. The third-order valence-corrected chi connectivity index (χ3v) is 12.0. The Labute approximate surface area is 287 Å². The molecule has 8 heterocycles. The zero-order valence-corrected chi connectivity index (χ0v) is 28.9. The highest BCUT2D eigenvalue weighted by Gasteiger charge is 2.53. The molecular formula is C25H32N10O10P2S2. The Kier molecular flexibility index (Phi) is 8.70. The summed E-state index contributed by atoms with van der Waals surface area (Å²) in [5.74, 6) is 0.927. The second-order valence-electron chi connectivity index (χ2n) is 11.8. The molecule has 2 unspecified atom stereocenters. The van der Waals surface area contributed by atoms with Gasteiger partial charge in [-0.1, -0.05) is 24.5 Å². The van der Waals surface area contributed by atoms with E-state index in [1.54, 1.807) is 4.57 Å². The van der Waals surface area contributed by atoms with Crippen LogP contribution in [-0.4, -0.2) is 101 Å². The van der Waals surface area contributed by atoms with Gasteiger partial charge in [-0.05, 0) is 18.4 Å². The van der Waals surface area contributed by atoms with Crippen LogP contribution < -0.4 is 16.8 Å². The molecule has 3 fully saturated rings. The first-order valence-electron chi connectivity index (χ1n) is 15.2. The molecule has 0 radical (unpaired) electrons. The summed E-state index contributed by atoms with van der Waals surface area (Å²) in [5.41, 5.74) is 13.6. The van der Waals surface area contributed by atoms with Gasteiger partial charge in [-0.25, -0.2) is 34.0 Å². The van der Waals surface area contributed by atoms with Gasteiger partial charge in [0.25, 0.3) is 0 Å². The molecule has 4 aromatic rings. The third-order valence-electron chi connectivity index (χ3n) is 8.76. The molecular weight excluding hydrogens is 726 g/mol. The Balaban J connectivity index is 1.11. The van der Waals surface area contributed by atoms with Crippen molar-refractivity contribution in [1.82, 2.24) is 34.1 Å². The Morgan fingerprint density at radius 1 is 0.939 bits per heavy atom. The number of nitrogen functional groups attached to an aromatic ring is 1. The number of aryl methyl sites for hydroxylation is 1. The van der Waals surface area contributed by atoms with Crippen molar-refractivity contribution in [2.45, 2.75) is 68.5 Å². The number of fused-ring (bicyclic) bond motifs is 4. The van der Waals surface area contributed by atoms with Crippen molar-refractivity contribution in [2.75, 3.05) is 30.8 Å². The number of nitrogens with one attached hydrogen (secondary N) is 1. The molecule has 2 bridgehead atoms. The first-order valence-corrected chi connectivity index (χ1v) is 20.6. The van der Waals surface area contributed by atoms with E-state index >= 15 is 0 Å². The van der Waals surface area contributed by atoms with Gasteiger partial charge < -0.3 is 41.0 Å². The van der Waals surface area contributed by atoms with Crippen molar-refractivity contribution in [2.24, 2.45) is 5.73 Å². The average molecular weight is 759 g/mol. The number of anilines is 2. The molecule has 24 heteroatoms. The molecule has 3 saturated heterocycles. The number of hydrogen-bond donors (Lipinski definition) is 7. The molecule has 20 nitrogen and oxygen atoms in total. The second kappa shape index (κ2) is 12.7. The van der Waals surface area contributed by atoms with Crippen LogP contribution in [0.1, 0.15) is 30.3 Å². The molecule has 7 N–H and O–H groups in total. The predicted octanol–water partition coefficient (Wildman–Crippen LogP) is 1.08. The molecule has 0 amide bonds. The molecule has 264 valence electrons. The summed E-state index contributed by atoms with van der Waals surface area (Å²) in [6.07, 6.45) is -4.35. The maximum atomic E-state index is 13.7. The lowest BCUT2D eigenvalue weighted by atomic mass is 10.1. The van der Waals surface area contributed by atoms with Gasteiger partial charge in [0, 0.05) is 12.7 Å². The number of aromatic nitrogens is 7. The monoisotopic (exact) mass is 758 g/mol. The van der Waals surface area contributed by atoms with E-state index in [2.05, 4.69) is 54.7 Å². The lowest BCUT2D eigenvalue weighted by molar-refractivity contribution is -0.0574. The van der Waals surface area contributed by atoms with Crippen LogP contribution in [0.15, 0.2) is 18.9 Å². The van der Waals surface area contributed by atoms with Crippen LogP contribution >= 0.6 is 38.1 Å². The van der Waals surface area contributed by atoms with Crippen LogP contribution in [0.4, 0.5) is 11.6 Å². The zero-order chi connectivity index (χ0) is 34.2. The minimum Gasteiger partial charge on any atom is -0.387 e. The van der Waals surface area contributed by atoms with Crippen molar-refractivity contribution in [3.8, 4) is 0 Å². The van der Waals surface area contributed by atoms with Gasteiger partial charge in [-0.15, -0.1) is 0 Å². The highest BCUT2D eigenvalue weighted by molar-refractivity contribution is 8.44. The summed E-state index contributed by atoms with van der Waals surface area (Å²) >= 11 is 8.33. The summed E-state index contributed by atoms with van der Waals surface area (Å²) in [5, 5.41) is 26.9. The number of rotatable bonds is 3. The zero-order valence-electron chi connectivity index (χ0n) is 25.3. The van der Waals surface area contributed by atoms with E-state index in [0.717, 1.165) is 30.3 Å². The van der Waals surface area contributed by atoms with E-state index in [0.29, 0.717) is 11.5 Å². The van der Waals surface area contributed by atoms with E-state index in [4.69, 9.17) is 39.0 Å². The summed E-state index contributed by atoms with van der Waals surface area (Å²) in [4.78, 5) is 21.5. The van der Waals surface area contributed by atoms with Gasteiger partial charge in [-0.2, -0.15) is 0 Å². The van der Waals surface area contributed by atoms with Crippen LogP contribution in [0, 0.1) is 0 Å². The third kappa shape index (κ3) is 6.05. The smallest absolute Gasteiger partial charge is 0.386 e. The van der Waals surface area contributed by atoms with Gasteiger partial charge in [0.2, 0.25) is 0 Å². The number of nitrogens with two attached hydrogens (primary N) is 2. The first-order chi connectivity index (χ1) is 23.4. The summed E-state index contributed by atoms with van der Waals surface area (Å²) < 4.78 is 65.5. The number of ether oxygens (including phenoxy) is 2. The van der Waals surface area contributed by atoms with Crippen molar-refractivity contribution in [1.29, 1.82) is 0 Å². The Hall–Kier alpha value is -2.43. The fourth-order valence-corrected chi connectivity index (χ4v) is 9.49. The number of imidazole rings is 1. The molecule has 0 aliphatic carbocycles. The Morgan fingerprint density at radius 3 is 2.45 bits per heavy atom. The minimum absolute atomic E-state index is 0.0275. The van der Waals surface area contributed by atoms with Gasteiger partial charge >= 0.3 is 13.6 Å². The van der Waals surface area contributed by atoms with Gasteiger partial charge in [0.15, 0.2) is 23.9 Å². The van der Waals surface area contributed by atoms with Crippen molar-refractivity contribution < 1.29 is 46.9 Å². The maximum Gasteiger partial charge on any atom is 0.386 e. The highest BCUT2D eigenvalue weighted by atomic mass is 32.7. The normalized spacial score (nSPS) is 36.8. The topological polar surface area (TPSA) is 268 Å². The van der Waals surface area contributed by atoms with E-state index in [9.17, 15) is 19.3 Å². The van der Waals surface area contributed by atoms with Gasteiger partial charge in [0.1, 0.15) is 65.8 Å². The minimum atomic E-state index is -4.33. The number of thiol groups is 2. The largest absolute Gasteiger partial charge is 0.387 e. The molecule has 8 rings (SSSR count). The van der Waals surface area contributed by atoms with Crippen LogP contribution in [0.3, 0.4) is 0 Å². The fourth-order valence-electron chi connectivity index (χ4n) is 6.54. The maximum absolute atomic E-state index is 13.7. The highest BCUT2D eigenvalue weighted by Crippen LogP contribution is 2.60. The molecule has 0 spiro atoms. The van der Waals surface area contributed by atoms with Crippen molar-refractivity contribution in [3.05, 3.63) is 30.2 Å². The van der Waals surface area contributed by atoms with Gasteiger partial charge in [0.05, 0.1) is 31.5 Å². The summed E-state index contributed by atoms with van der Waals surface area (Å²) in [6, 6.07) is 0. The van der Waals surface area contributed by atoms with Crippen LogP contribution in [0.5, 0.6) is 0 Å². The molecule has 0 saturated carbocycles. The molecule has 10 atom stereocenters. The van der Waals surface area contributed by atoms with E-state index in [1.807, 2.05) is 6.20 Å². The number of aliphatic hydroxyl groups is 2. The SMILES string of the molecule is NCc1nc(N)c2ncn([C@@H]3O[C@@H]4COP(=O)(S)O[C@H]5[C@@H](O)[C@H](n6cc7c8c(ncnc86)NCCC7)O[C@@H]5COP(=O)(S)O[C@@H]3[C@@H]4O)c2n1. The number of nitrogens with zero attached hydrogens (tertiary/aromatic N) is 7. The second-order valence-corrected chi connectivity index (χ2v) is 17.6. The Morgan fingerprint density at radius 2 is 1.67 bits per heavy atom. The van der Waals surface area contributed by atoms with Crippen molar-refractivity contribution >= 4 is 71.9 Å². The number of hydrogen-bond acceptors (Lipinski definition) is 18. The van der Waals surface area contributed by atoms with Gasteiger partial charge in [-0.3, -0.25) is 22.7 Å². The van der Waals surface area contributed by atoms with Crippen LogP contribution in [-0.2, 0) is 49.7 Å². The van der Waals surface area contributed by atoms with E-state index in [1.165, 1.54) is 17.2 Å². The van der Waals surface area contributed by atoms with Crippen LogP contribution in [0.25, 0.3) is 22.2 Å². The Bertz CT molecular complexity index is 2020. The summed E-state index contributed by atoms with van der Waals surface area (Å²) in [6.45, 7) is -8.96. The molecule has 4 aromatic heterocycles. The lowest BCUT2D eigenvalue weighted by Gasteiger charge is -2.26. The lowest BCUT2D eigenvalue weighted by Crippen LogP contribution is -2.35. The van der Waals surface area contributed by atoms with E-state index < -0.39 is 75.9 Å². The quantitative estimate of drug-likeness (QED) is 0.114. The van der Waals surface area contributed by atoms with E-state index in [-0.39, 0.29) is 29.4 Å². The predicted molar refractivity (Wildman–Crippen MR) is 177 cm³/mol. The fraction of sp³-hybridized carbons (Fsp3) is 0.560. The average Bonchev–Trinajstić information content (AvgIpc) is 3.77. The van der Waals surface area contributed by atoms with Crippen LogP contribution in [0.2, 0.25) is 0 Å². The number of aliphatic hydroxyl groups excluding tert-OH is 2. The molecule has 4 aliphatic heterocycles. The first kappa shape index (κ1) is 33.7. The molecule has 4 aliphatic rings. The van der Waals surface area contributed by atoms with Crippen molar-refractivity contribution in [3.63, 3.8) is 0 Å². The molecule has 49 heavy (non-hydrogen) atoms.